The summed E-state index contributed by atoms with van der Waals surface area (Å²) < 4.78 is 68.3. The number of aliphatic hydroxyl groups excluding tert-OH is 1. The zero-order valence-corrected chi connectivity index (χ0v) is 64.8. The highest BCUT2D eigenvalue weighted by Crippen LogP contribution is 2.45. The molecule has 0 saturated carbocycles. The van der Waals surface area contributed by atoms with Crippen molar-refractivity contribution in [1.82, 2.24) is 0 Å². The normalized spacial score (nSPS) is 14.9. The summed E-state index contributed by atoms with van der Waals surface area (Å²) in [6.45, 7) is 4.32. The van der Waals surface area contributed by atoms with Gasteiger partial charge >= 0.3 is 39.5 Å². The van der Waals surface area contributed by atoms with Crippen molar-refractivity contribution in [2.75, 3.05) is 39.6 Å². The van der Waals surface area contributed by atoms with Gasteiger partial charge in [-0.3, -0.25) is 37.3 Å². The molecule has 17 nitrogen and oxygen atoms in total. The lowest BCUT2D eigenvalue weighted by molar-refractivity contribution is -0.161. The van der Waals surface area contributed by atoms with Crippen LogP contribution in [0.25, 0.3) is 0 Å². The molecule has 0 fully saturated rings. The molecule has 0 aliphatic carbocycles. The molecule has 0 aromatic carbocycles. The zero-order valence-electron chi connectivity index (χ0n) is 63.0. The maximum absolute atomic E-state index is 13.1. The first-order valence-electron chi connectivity index (χ1n) is 38.4. The third kappa shape index (κ3) is 72.8. The monoisotopic (exact) mass is 1460 g/mol. The Kier molecular flexibility index (Phi) is 69.7. The van der Waals surface area contributed by atoms with E-state index in [0.29, 0.717) is 38.5 Å². The van der Waals surface area contributed by atoms with Crippen molar-refractivity contribution >= 4 is 39.5 Å². The van der Waals surface area contributed by atoms with Gasteiger partial charge in [-0.1, -0.05) is 275 Å². The summed E-state index contributed by atoms with van der Waals surface area (Å²) in [5.74, 6) is -2.38. The van der Waals surface area contributed by atoms with Crippen molar-refractivity contribution in [1.29, 1.82) is 0 Å². The number of rotatable bonds is 70. The Balaban J connectivity index is 5.49. The number of unbranched alkanes of at least 4 members (excludes halogenated alkanes) is 16. The topological polar surface area (TPSA) is 237 Å². The van der Waals surface area contributed by atoms with E-state index in [-0.39, 0.29) is 25.7 Å². The molecule has 0 amide bonds. The highest BCUT2D eigenvalue weighted by atomic mass is 31.2. The maximum atomic E-state index is 13.1. The molecule has 0 saturated heterocycles. The number of hydrogen-bond acceptors (Lipinski definition) is 15. The predicted octanol–water partition coefficient (Wildman–Crippen LogP) is 22.2. The number of esters is 4. The van der Waals surface area contributed by atoms with Crippen LogP contribution >= 0.6 is 15.6 Å². The fraction of sp³-hybridized carbons (Fsp3) is 0.614. The minimum absolute atomic E-state index is 0.0261. The van der Waals surface area contributed by atoms with Gasteiger partial charge < -0.3 is 33.8 Å². The van der Waals surface area contributed by atoms with Crippen LogP contribution in [-0.2, 0) is 65.4 Å². The fourth-order valence-electron chi connectivity index (χ4n) is 9.46. The summed E-state index contributed by atoms with van der Waals surface area (Å²) in [4.78, 5) is 72.8. The van der Waals surface area contributed by atoms with Gasteiger partial charge in [0.15, 0.2) is 12.2 Å². The number of phosphoric ester groups is 2. The van der Waals surface area contributed by atoms with E-state index in [1.807, 2.05) is 18.2 Å². The standard InChI is InChI=1S/C83H134O17P2/c1-5-9-13-17-21-25-29-33-36-37-38-39-42-45-48-52-56-60-64-68-81(86)94-73-78(99-82(87)69-65-61-57-53-49-43-32-28-24-20-16-12-8-4)75-97-101(89,90)95-71-77(84)72-96-102(91,92)98-76-79(100-83(88)70-66-62-58-54-50-46-41-35-31-27-23-19-15-11-7-3)74-93-80(85)67-63-59-55-51-47-44-40-34-30-26-22-18-14-10-6-2/h9-11,13-15,21-23,25-27,33-36,38-41,45,47-48,50-51,54,56,60,77-79,84H,5-8,12,16-20,24,28-32,37,42-44,46,49,52-53,55,57-59,61-76H2,1-4H3,(H,89,90)(H,91,92)/b13-9-,14-10-,15-11-,25-21-,26-22-,27-23-,36-33-,39-38-,40-34-,41-35-,48-45-,51-47-,54-50-,60-56-. The molecule has 5 atom stereocenters. The van der Waals surface area contributed by atoms with Gasteiger partial charge in [0, 0.05) is 25.7 Å². The average molecular weight is 1470 g/mol. The van der Waals surface area contributed by atoms with Crippen molar-refractivity contribution in [3.8, 4) is 0 Å². The third-order valence-corrected chi connectivity index (χ3v) is 17.1. The van der Waals surface area contributed by atoms with E-state index in [2.05, 4.69) is 180 Å². The van der Waals surface area contributed by atoms with Crippen LogP contribution < -0.4 is 0 Å². The first-order chi connectivity index (χ1) is 49.7. The molecule has 578 valence electrons. The molecule has 5 unspecified atom stereocenters. The molecule has 3 N–H and O–H groups in total. The summed E-state index contributed by atoms with van der Waals surface area (Å²) in [6, 6.07) is 0. The lowest BCUT2D eigenvalue weighted by Gasteiger charge is -2.21. The van der Waals surface area contributed by atoms with Gasteiger partial charge in [0.05, 0.1) is 26.4 Å². The Morgan fingerprint density at radius 1 is 0.284 bits per heavy atom. The van der Waals surface area contributed by atoms with E-state index in [1.165, 1.54) is 51.4 Å². The number of hydrogen-bond donors (Lipinski definition) is 3. The molecule has 0 aliphatic rings. The smallest absolute Gasteiger partial charge is 0.462 e. The molecule has 0 radical (unpaired) electrons. The minimum atomic E-state index is -5.01. The van der Waals surface area contributed by atoms with Crippen molar-refractivity contribution in [2.45, 2.75) is 290 Å². The van der Waals surface area contributed by atoms with Crippen molar-refractivity contribution in [3.05, 3.63) is 170 Å². The molecule has 0 rings (SSSR count). The van der Waals surface area contributed by atoms with Crippen LogP contribution in [0.1, 0.15) is 272 Å². The number of phosphoric acid groups is 2. The Morgan fingerprint density at radius 3 is 0.843 bits per heavy atom. The number of carbonyl (C=O) groups excluding carboxylic acids is 4. The maximum Gasteiger partial charge on any atom is 0.472 e. The van der Waals surface area contributed by atoms with Gasteiger partial charge in [-0.15, -0.1) is 0 Å². The van der Waals surface area contributed by atoms with Crippen molar-refractivity contribution in [2.24, 2.45) is 0 Å². The molecule has 0 aromatic rings. The van der Waals surface area contributed by atoms with Crippen molar-refractivity contribution in [3.63, 3.8) is 0 Å². The van der Waals surface area contributed by atoms with E-state index < -0.39 is 97.5 Å². The largest absolute Gasteiger partial charge is 0.472 e. The Morgan fingerprint density at radius 2 is 0.529 bits per heavy atom. The lowest BCUT2D eigenvalue weighted by Crippen LogP contribution is -2.30. The highest BCUT2D eigenvalue weighted by Gasteiger charge is 2.30. The molecular formula is C83H134O17P2. The minimum Gasteiger partial charge on any atom is -0.462 e. The molecule has 0 heterocycles. The van der Waals surface area contributed by atoms with Crippen molar-refractivity contribution < 1.29 is 80.2 Å². The van der Waals surface area contributed by atoms with Crippen LogP contribution in [0.3, 0.4) is 0 Å². The van der Waals surface area contributed by atoms with Gasteiger partial charge in [0.1, 0.15) is 19.3 Å². The fourth-order valence-corrected chi connectivity index (χ4v) is 11.0. The first-order valence-corrected chi connectivity index (χ1v) is 41.4. The highest BCUT2D eigenvalue weighted by molar-refractivity contribution is 7.47. The molecule has 102 heavy (non-hydrogen) atoms. The summed E-state index contributed by atoms with van der Waals surface area (Å²) in [5.41, 5.74) is 0. The van der Waals surface area contributed by atoms with Crippen LogP contribution in [0.4, 0.5) is 0 Å². The van der Waals surface area contributed by atoms with Gasteiger partial charge in [0.25, 0.3) is 0 Å². The van der Waals surface area contributed by atoms with E-state index in [1.54, 1.807) is 0 Å². The van der Waals surface area contributed by atoms with Crippen LogP contribution in [-0.4, -0.2) is 96.7 Å². The van der Waals surface area contributed by atoms with Crippen LogP contribution in [0.5, 0.6) is 0 Å². The third-order valence-electron chi connectivity index (χ3n) is 15.2. The summed E-state index contributed by atoms with van der Waals surface area (Å²) in [6.07, 6.45) is 86.6. The lowest BCUT2D eigenvalue weighted by atomic mass is 10.0. The van der Waals surface area contributed by atoms with Gasteiger partial charge in [-0.05, 0) is 141 Å². The second kappa shape index (κ2) is 73.7. The average Bonchev–Trinajstić information content (AvgIpc) is 0.908. The summed E-state index contributed by atoms with van der Waals surface area (Å²) in [7, 11) is -10.0. The molecule has 0 bridgehead atoms. The molecular weight excluding hydrogens is 1330 g/mol. The quantitative estimate of drug-likeness (QED) is 0.0169. The van der Waals surface area contributed by atoms with E-state index in [0.717, 1.165) is 128 Å². The predicted molar refractivity (Wildman–Crippen MR) is 417 cm³/mol. The Hall–Kier alpha value is -5.58. The SMILES string of the molecule is CC/C=C\C/C=C\C/C=C\C/C=C\C/C=C\C/C=C\CCC(=O)OCC(COP(=O)(O)OCC(O)COP(=O)(O)OCC(COC(=O)CCCC/C=C\C/C=C\C/C=C\C/C=C\CC)OC(=O)CCCC/C=C\C/C=C\C/C=C\C/C=C\CC)OC(=O)CCCCCCCCCCCCCCC. The van der Waals surface area contributed by atoms with E-state index >= 15 is 0 Å². The second-order valence-electron chi connectivity index (χ2n) is 24.8. The van der Waals surface area contributed by atoms with Gasteiger partial charge in [0.2, 0.25) is 0 Å². The summed E-state index contributed by atoms with van der Waals surface area (Å²) >= 11 is 0. The molecule has 0 aromatic heterocycles. The number of allylic oxidation sites excluding steroid dienone is 28. The number of carbonyl (C=O) groups is 4. The van der Waals surface area contributed by atoms with E-state index in [4.69, 9.17) is 37.0 Å². The van der Waals surface area contributed by atoms with Crippen LogP contribution in [0.15, 0.2) is 170 Å². The zero-order chi connectivity index (χ0) is 74.6. The number of ether oxygens (including phenoxy) is 4. The van der Waals surface area contributed by atoms with E-state index in [9.17, 15) is 43.2 Å². The molecule has 19 heteroatoms. The van der Waals surface area contributed by atoms with Crippen LogP contribution in [0, 0.1) is 0 Å². The second-order valence-corrected chi connectivity index (χ2v) is 27.7. The Labute approximate surface area is 616 Å². The first kappa shape index (κ1) is 96.4. The van der Waals surface area contributed by atoms with Crippen LogP contribution in [0.2, 0.25) is 0 Å². The van der Waals surface area contributed by atoms with Gasteiger partial charge in [-0.2, -0.15) is 0 Å². The Bertz CT molecular complexity index is 2600. The molecule has 0 aliphatic heterocycles. The van der Waals surface area contributed by atoms with Gasteiger partial charge in [-0.25, -0.2) is 9.13 Å². The molecule has 0 spiro atoms. The summed E-state index contributed by atoms with van der Waals surface area (Å²) in [5, 5.41) is 10.6. The number of aliphatic hydroxyl groups is 1.